The number of rotatable bonds is 8. The Morgan fingerprint density at radius 1 is 1.17 bits per heavy atom. The van der Waals surface area contributed by atoms with Crippen molar-refractivity contribution >= 4 is 17.7 Å². The van der Waals surface area contributed by atoms with E-state index < -0.39 is 0 Å². The molecule has 2 aromatic carbocycles. The zero-order chi connectivity index (χ0) is 20.8. The molecule has 0 unspecified atom stereocenters. The molecule has 9 heteroatoms. The second-order valence-corrected chi connectivity index (χ2v) is 7.68. The Kier molecular flexibility index (Phi) is 6.71. The van der Waals surface area contributed by atoms with Gasteiger partial charge >= 0.3 is 0 Å². The van der Waals surface area contributed by atoms with Gasteiger partial charge in [0.15, 0.2) is 0 Å². The number of aryl methyl sites for hydroxylation is 1. The molecule has 0 saturated carbocycles. The summed E-state index contributed by atoms with van der Waals surface area (Å²) in [6.07, 6.45) is 0. The molecular weight excluding hydrogens is 390 g/mol. The summed E-state index contributed by atoms with van der Waals surface area (Å²) in [5, 5.41) is 15.0. The number of nitrogens with zero attached hydrogens (tertiary/aromatic N) is 4. The number of aromatic nitrogens is 4. The van der Waals surface area contributed by atoms with Gasteiger partial charge in [-0.15, -0.1) is 5.10 Å². The van der Waals surface area contributed by atoms with Gasteiger partial charge in [0, 0.05) is 6.54 Å². The topological polar surface area (TPSA) is 91.2 Å². The van der Waals surface area contributed by atoms with E-state index >= 15 is 0 Å². The molecule has 1 amide bonds. The average molecular weight is 414 g/mol. The van der Waals surface area contributed by atoms with Crippen molar-refractivity contribution in [1.82, 2.24) is 25.5 Å². The Morgan fingerprint density at radius 2 is 1.93 bits per heavy atom. The first-order chi connectivity index (χ1) is 14.0. The maximum absolute atomic E-state index is 12.5. The SMILES string of the molecule is COc1ccc(CNC(=O)[C@H](C)Sc2nnnn2-c2cc(C)ccc2OC)cc1. The Balaban J connectivity index is 1.67. The third kappa shape index (κ3) is 5.05. The van der Waals surface area contributed by atoms with Crippen LogP contribution in [-0.4, -0.2) is 45.6 Å². The minimum absolute atomic E-state index is 0.100. The average Bonchev–Trinajstić information content (AvgIpc) is 3.20. The maximum atomic E-state index is 12.5. The van der Waals surface area contributed by atoms with Crippen molar-refractivity contribution in [3.63, 3.8) is 0 Å². The van der Waals surface area contributed by atoms with Gasteiger partial charge in [0.05, 0.1) is 19.5 Å². The summed E-state index contributed by atoms with van der Waals surface area (Å²) in [7, 11) is 3.22. The van der Waals surface area contributed by atoms with Gasteiger partial charge in [-0.25, -0.2) is 0 Å². The predicted octanol–water partition coefficient (Wildman–Crippen LogP) is 2.78. The minimum atomic E-state index is -0.381. The Bertz CT molecular complexity index is 975. The van der Waals surface area contributed by atoms with Crippen molar-refractivity contribution in [3.05, 3.63) is 53.6 Å². The quantitative estimate of drug-likeness (QED) is 0.568. The fourth-order valence-corrected chi connectivity index (χ4v) is 3.48. The second kappa shape index (κ2) is 9.42. The highest BCUT2D eigenvalue weighted by atomic mass is 32.2. The molecule has 3 rings (SSSR count). The van der Waals surface area contributed by atoms with Crippen molar-refractivity contribution in [2.45, 2.75) is 30.8 Å². The first kappa shape index (κ1) is 20.7. The van der Waals surface area contributed by atoms with Gasteiger partial charge in [-0.05, 0) is 59.7 Å². The number of carbonyl (C=O) groups is 1. The zero-order valence-corrected chi connectivity index (χ0v) is 17.6. The number of benzene rings is 2. The number of hydrogen-bond donors (Lipinski definition) is 1. The third-order valence-electron chi connectivity index (χ3n) is 4.28. The summed E-state index contributed by atoms with van der Waals surface area (Å²) >= 11 is 1.29. The lowest BCUT2D eigenvalue weighted by atomic mass is 10.2. The molecule has 1 atom stereocenters. The minimum Gasteiger partial charge on any atom is -0.497 e. The highest BCUT2D eigenvalue weighted by molar-refractivity contribution is 8.00. The summed E-state index contributed by atoms with van der Waals surface area (Å²) in [5.41, 5.74) is 2.77. The van der Waals surface area contributed by atoms with Crippen LogP contribution in [0.1, 0.15) is 18.1 Å². The number of thioether (sulfide) groups is 1. The zero-order valence-electron chi connectivity index (χ0n) is 16.7. The number of carbonyl (C=O) groups excluding carboxylic acids is 1. The number of methoxy groups -OCH3 is 2. The first-order valence-corrected chi connectivity index (χ1v) is 9.90. The molecule has 0 aliphatic rings. The fraction of sp³-hybridized carbons (Fsp3) is 0.300. The summed E-state index contributed by atoms with van der Waals surface area (Å²) in [6.45, 7) is 4.24. The van der Waals surface area contributed by atoms with Crippen LogP contribution in [-0.2, 0) is 11.3 Å². The molecule has 0 saturated heterocycles. The van der Waals surface area contributed by atoms with E-state index in [1.807, 2.05) is 56.3 Å². The van der Waals surface area contributed by atoms with Crippen LogP contribution in [0.15, 0.2) is 47.6 Å². The van der Waals surface area contributed by atoms with E-state index in [9.17, 15) is 4.79 Å². The van der Waals surface area contributed by atoms with Crippen molar-refractivity contribution in [2.75, 3.05) is 14.2 Å². The maximum Gasteiger partial charge on any atom is 0.233 e. The molecule has 1 heterocycles. The number of tetrazole rings is 1. The molecule has 0 fully saturated rings. The second-order valence-electron chi connectivity index (χ2n) is 6.37. The van der Waals surface area contributed by atoms with Gasteiger partial charge in [0.2, 0.25) is 11.1 Å². The monoisotopic (exact) mass is 413 g/mol. The summed E-state index contributed by atoms with van der Waals surface area (Å²) in [4.78, 5) is 12.5. The first-order valence-electron chi connectivity index (χ1n) is 9.02. The number of nitrogens with one attached hydrogen (secondary N) is 1. The van der Waals surface area contributed by atoms with Crippen LogP contribution in [0.5, 0.6) is 11.5 Å². The molecule has 1 aromatic heterocycles. The molecule has 3 aromatic rings. The standard InChI is InChI=1S/C20H23N5O3S/c1-13-5-10-18(28-4)17(11-13)25-20(22-23-24-25)29-14(2)19(26)21-12-15-6-8-16(27-3)9-7-15/h5-11,14H,12H2,1-4H3,(H,21,26)/t14-/m0/s1. The molecule has 0 radical (unpaired) electrons. The van der Waals surface area contributed by atoms with Gasteiger partial charge < -0.3 is 14.8 Å². The van der Waals surface area contributed by atoms with Gasteiger partial charge in [0.1, 0.15) is 17.2 Å². The number of hydrogen-bond acceptors (Lipinski definition) is 7. The van der Waals surface area contributed by atoms with Crippen molar-refractivity contribution < 1.29 is 14.3 Å². The van der Waals surface area contributed by atoms with E-state index in [0.29, 0.717) is 17.5 Å². The van der Waals surface area contributed by atoms with Crippen molar-refractivity contribution in [3.8, 4) is 17.2 Å². The lowest BCUT2D eigenvalue weighted by Crippen LogP contribution is -2.30. The van der Waals surface area contributed by atoms with Crippen LogP contribution in [0.4, 0.5) is 0 Å². The van der Waals surface area contributed by atoms with Crippen LogP contribution in [0, 0.1) is 6.92 Å². The molecular formula is C20H23N5O3S. The highest BCUT2D eigenvalue weighted by Gasteiger charge is 2.20. The van der Waals surface area contributed by atoms with E-state index in [2.05, 4.69) is 20.8 Å². The molecule has 29 heavy (non-hydrogen) atoms. The van der Waals surface area contributed by atoms with E-state index in [-0.39, 0.29) is 11.2 Å². The normalized spacial score (nSPS) is 11.7. The Morgan fingerprint density at radius 3 is 2.62 bits per heavy atom. The lowest BCUT2D eigenvalue weighted by molar-refractivity contribution is -0.120. The third-order valence-corrected chi connectivity index (χ3v) is 5.31. The van der Waals surface area contributed by atoms with Crippen LogP contribution in [0.25, 0.3) is 5.69 Å². The smallest absolute Gasteiger partial charge is 0.233 e. The predicted molar refractivity (Wildman–Crippen MR) is 111 cm³/mol. The largest absolute Gasteiger partial charge is 0.497 e. The van der Waals surface area contributed by atoms with E-state index in [1.165, 1.54) is 11.8 Å². The van der Waals surface area contributed by atoms with E-state index in [4.69, 9.17) is 9.47 Å². The van der Waals surface area contributed by atoms with Crippen LogP contribution < -0.4 is 14.8 Å². The molecule has 8 nitrogen and oxygen atoms in total. The summed E-state index contributed by atoms with van der Waals surface area (Å²) < 4.78 is 12.2. The fourth-order valence-electron chi connectivity index (χ4n) is 2.66. The molecule has 0 aliphatic heterocycles. The Labute approximate surface area is 173 Å². The Hall–Kier alpha value is -3.07. The van der Waals surface area contributed by atoms with Gasteiger partial charge in [-0.2, -0.15) is 4.68 Å². The lowest BCUT2D eigenvalue weighted by Gasteiger charge is -2.13. The molecule has 0 spiro atoms. The highest BCUT2D eigenvalue weighted by Crippen LogP contribution is 2.28. The van der Waals surface area contributed by atoms with Gasteiger partial charge in [-0.1, -0.05) is 30.0 Å². The molecule has 0 aliphatic carbocycles. The molecule has 0 bridgehead atoms. The van der Waals surface area contributed by atoms with Crippen LogP contribution in [0.2, 0.25) is 0 Å². The number of ether oxygens (including phenoxy) is 2. The van der Waals surface area contributed by atoms with E-state index in [1.54, 1.807) is 18.9 Å². The van der Waals surface area contributed by atoms with E-state index in [0.717, 1.165) is 22.6 Å². The summed E-state index contributed by atoms with van der Waals surface area (Å²) in [6, 6.07) is 13.3. The number of amides is 1. The van der Waals surface area contributed by atoms with Gasteiger partial charge in [0.25, 0.3) is 0 Å². The van der Waals surface area contributed by atoms with Crippen LogP contribution >= 0.6 is 11.8 Å². The van der Waals surface area contributed by atoms with Crippen molar-refractivity contribution in [2.24, 2.45) is 0 Å². The van der Waals surface area contributed by atoms with Crippen molar-refractivity contribution in [1.29, 1.82) is 0 Å². The molecule has 1 N–H and O–H groups in total. The van der Waals surface area contributed by atoms with Gasteiger partial charge in [-0.3, -0.25) is 4.79 Å². The molecule has 152 valence electrons. The van der Waals surface area contributed by atoms with Crippen LogP contribution in [0.3, 0.4) is 0 Å². The summed E-state index contributed by atoms with van der Waals surface area (Å²) in [5.74, 6) is 1.33.